The number of hydrogen-bond donors (Lipinski definition) is 2. The molecule has 0 saturated carbocycles. The molecule has 2 heteroatoms. The fraction of sp³-hybridized carbons (Fsp3) is 0.455. The Morgan fingerprint density at radius 2 is 1.77 bits per heavy atom. The van der Waals surface area contributed by atoms with Gasteiger partial charge >= 0.3 is 0 Å². The molecular formula is C11H18N2. The van der Waals surface area contributed by atoms with Crippen LogP contribution in [0.5, 0.6) is 0 Å². The molecule has 0 bridgehead atoms. The molecule has 2 nitrogen and oxygen atoms in total. The quantitative estimate of drug-likeness (QED) is 0.546. The van der Waals surface area contributed by atoms with Crippen molar-refractivity contribution in [2.24, 2.45) is 5.84 Å². The second-order valence-corrected chi connectivity index (χ2v) is 3.77. The first kappa shape index (κ1) is 10.2. The van der Waals surface area contributed by atoms with Gasteiger partial charge in [-0.2, -0.15) is 0 Å². The first-order valence-corrected chi connectivity index (χ1v) is 4.65. The lowest BCUT2D eigenvalue weighted by Gasteiger charge is -2.10. The van der Waals surface area contributed by atoms with E-state index in [-0.39, 0.29) is 0 Å². The van der Waals surface area contributed by atoms with Crippen LogP contribution < -0.4 is 11.3 Å². The van der Waals surface area contributed by atoms with Gasteiger partial charge in [0, 0.05) is 6.04 Å². The lowest BCUT2D eigenvalue weighted by Crippen LogP contribution is -2.34. The summed E-state index contributed by atoms with van der Waals surface area (Å²) >= 11 is 0. The van der Waals surface area contributed by atoms with Gasteiger partial charge in [0.2, 0.25) is 0 Å². The van der Waals surface area contributed by atoms with Crippen LogP contribution in [0.2, 0.25) is 0 Å². The predicted octanol–water partition coefficient (Wildman–Crippen LogP) is 1.70. The van der Waals surface area contributed by atoms with E-state index in [1.807, 2.05) is 0 Å². The summed E-state index contributed by atoms with van der Waals surface area (Å²) in [5.74, 6) is 5.35. The highest BCUT2D eigenvalue weighted by Gasteiger charge is 2.01. The van der Waals surface area contributed by atoms with E-state index in [2.05, 4.69) is 44.4 Å². The van der Waals surface area contributed by atoms with E-state index < -0.39 is 0 Å². The monoisotopic (exact) mass is 178 g/mol. The van der Waals surface area contributed by atoms with E-state index in [1.54, 1.807) is 0 Å². The molecule has 13 heavy (non-hydrogen) atoms. The van der Waals surface area contributed by atoms with Crippen LogP contribution >= 0.6 is 0 Å². The van der Waals surface area contributed by atoms with Crippen LogP contribution in [0.1, 0.15) is 23.6 Å². The molecule has 0 aliphatic rings. The van der Waals surface area contributed by atoms with Gasteiger partial charge in [0.1, 0.15) is 0 Å². The topological polar surface area (TPSA) is 38.0 Å². The molecule has 1 aromatic carbocycles. The van der Waals surface area contributed by atoms with E-state index in [0.29, 0.717) is 6.04 Å². The van der Waals surface area contributed by atoms with E-state index in [1.165, 1.54) is 16.7 Å². The van der Waals surface area contributed by atoms with Crippen molar-refractivity contribution in [3.8, 4) is 0 Å². The van der Waals surface area contributed by atoms with Crippen LogP contribution in [0.4, 0.5) is 0 Å². The van der Waals surface area contributed by atoms with Gasteiger partial charge in [0.15, 0.2) is 0 Å². The molecule has 1 unspecified atom stereocenters. The highest BCUT2D eigenvalue weighted by atomic mass is 15.2. The van der Waals surface area contributed by atoms with Crippen LogP contribution in [-0.4, -0.2) is 6.04 Å². The molecule has 1 atom stereocenters. The normalized spacial score (nSPS) is 12.9. The largest absolute Gasteiger partial charge is 0.271 e. The van der Waals surface area contributed by atoms with Crippen LogP contribution in [0.25, 0.3) is 0 Å². The minimum absolute atomic E-state index is 0.334. The van der Waals surface area contributed by atoms with Crippen molar-refractivity contribution in [2.45, 2.75) is 33.2 Å². The summed E-state index contributed by atoms with van der Waals surface area (Å²) in [6, 6.07) is 6.94. The highest BCUT2D eigenvalue weighted by Crippen LogP contribution is 2.10. The second kappa shape index (κ2) is 4.40. The van der Waals surface area contributed by atoms with Gasteiger partial charge < -0.3 is 0 Å². The van der Waals surface area contributed by atoms with Crippen molar-refractivity contribution in [3.05, 3.63) is 34.9 Å². The van der Waals surface area contributed by atoms with Crippen molar-refractivity contribution in [1.29, 1.82) is 0 Å². The number of benzene rings is 1. The van der Waals surface area contributed by atoms with Gasteiger partial charge in [0.05, 0.1) is 0 Å². The fourth-order valence-corrected chi connectivity index (χ4v) is 1.60. The molecule has 0 spiro atoms. The molecule has 1 rings (SSSR count). The zero-order valence-corrected chi connectivity index (χ0v) is 8.59. The summed E-state index contributed by atoms with van der Waals surface area (Å²) in [5, 5.41) is 0. The van der Waals surface area contributed by atoms with E-state index in [0.717, 1.165) is 6.42 Å². The number of hydrogen-bond acceptors (Lipinski definition) is 2. The Kier molecular flexibility index (Phi) is 3.46. The third kappa shape index (κ3) is 3.17. The summed E-state index contributed by atoms with van der Waals surface area (Å²) in [4.78, 5) is 0. The first-order chi connectivity index (χ1) is 6.11. The molecule has 72 valence electrons. The van der Waals surface area contributed by atoms with Crippen molar-refractivity contribution >= 4 is 0 Å². The number of nitrogens with two attached hydrogens (primary N) is 1. The fourth-order valence-electron chi connectivity index (χ4n) is 1.60. The zero-order valence-electron chi connectivity index (χ0n) is 8.59. The number of aryl methyl sites for hydroxylation is 2. The average molecular weight is 178 g/mol. The standard InChI is InChI=1S/C11H18N2/c1-8-4-9(2)6-11(5-8)7-10(3)13-12/h4-6,10,13H,7,12H2,1-3H3. The summed E-state index contributed by atoms with van der Waals surface area (Å²) in [6.07, 6.45) is 0.985. The third-order valence-electron chi connectivity index (χ3n) is 2.11. The van der Waals surface area contributed by atoms with Gasteiger partial charge in [-0.25, -0.2) is 0 Å². The summed E-state index contributed by atoms with van der Waals surface area (Å²) < 4.78 is 0. The Hall–Kier alpha value is -0.860. The molecule has 0 aliphatic heterocycles. The van der Waals surface area contributed by atoms with Gasteiger partial charge in [0.25, 0.3) is 0 Å². The Bertz CT molecular complexity index is 261. The molecule has 0 saturated heterocycles. The van der Waals surface area contributed by atoms with Crippen molar-refractivity contribution in [3.63, 3.8) is 0 Å². The van der Waals surface area contributed by atoms with E-state index >= 15 is 0 Å². The minimum Gasteiger partial charge on any atom is -0.271 e. The maximum absolute atomic E-state index is 5.35. The summed E-state index contributed by atoms with van der Waals surface area (Å²) in [5.41, 5.74) is 6.74. The van der Waals surface area contributed by atoms with Gasteiger partial charge in [-0.3, -0.25) is 11.3 Å². The predicted molar refractivity (Wildman–Crippen MR) is 56.4 cm³/mol. The smallest absolute Gasteiger partial charge is 0.0222 e. The second-order valence-electron chi connectivity index (χ2n) is 3.77. The van der Waals surface area contributed by atoms with Crippen LogP contribution in [0.15, 0.2) is 18.2 Å². The maximum Gasteiger partial charge on any atom is 0.0222 e. The molecule has 0 amide bonds. The SMILES string of the molecule is Cc1cc(C)cc(CC(C)NN)c1. The Morgan fingerprint density at radius 1 is 1.23 bits per heavy atom. The molecule has 0 radical (unpaired) electrons. The Labute approximate surface area is 80.1 Å². The Morgan fingerprint density at radius 3 is 2.23 bits per heavy atom. The lowest BCUT2D eigenvalue weighted by atomic mass is 10.0. The van der Waals surface area contributed by atoms with Crippen molar-refractivity contribution in [1.82, 2.24) is 5.43 Å². The van der Waals surface area contributed by atoms with Crippen LogP contribution in [-0.2, 0) is 6.42 Å². The molecule has 0 aromatic heterocycles. The van der Waals surface area contributed by atoms with Crippen LogP contribution in [0, 0.1) is 13.8 Å². The molecule has 0 heterocycles. The van der Waals surface area contributed by atoms with Gasteiger partial charge in [-0.1, -0.05) is 29.3 Å². The number of rotatable bonds is 3. The molecule has 0 aliphatic carbocycles. The lowest BCUT2D eigenvalue weighted by molar-refractivity contribution is 0.567. The van der Waals surface area contributed by atoms with Crippen molar-refractivity contribution < 1.29 is 0 Å². The minimum atomic E-state index is 0.334. The first-order valence-electron chi connectivity index (χ1n) is 4.65. The highest BCUT2D eigenvalue weighted by molar-refractivity contribution is 5.28. The van der Waals surface area contributed by atoms with E-state index in [9.17, 15) is 0 Å². The van der Waals surface area contributed by atoms with E-state index in [4.69, 9.17) is 5.84 Å². The molecule has 0 fully saturated rings. The molecule has 3 N–H and O–H groups in total. The summed E-state index contributed by atoms with van der Waals surface area (Å²) in [7, 11) is 0. The summed E-state index contributed by atoms with van der Waals surface area (Å²) in [6.45, 7) is 6.33. The molecule has 1 aromatic rings. The number of nitrogens with one attached hydrogen (secondary N) is 1. The maximum atomic E-state index is 5.35. The average Bonchev–Trinajstić information content (AvgIpc) is 2.02. The van der Waals surface area contributed by atoms with Gasteiger partial charge in [-0.15, -0.1) is 0 Å². The van der Waals surface area contributed by atoms with Crippen LogP contribution in [0.3, 0.4) is 0 Å². The Balaban J connectivity index is 2.77. The molecular weight excluding hydrogens is 160 g/mol. The van der Waals surface area contributed by atoms with Gasteiger partial charge in [-0.05, 0) is 32.8 Å². The zero-order chi connectivity index (χ0) is 9.84. The number of hydrazine groups is 1. The third-order valence-corrected chi connectivity index (χ3v) is 2.11. The van der Waals surface area contributed by atoms with Crippen molar-refractivity contribution in [2.75, 3.05) is 0 Å².